The molecule has 1 aromatic carbocycles. The van der Waals surface area contributed by atoms with Crippen LogP contribution in [-0.2, 0) is 11.3 Å². The van der Waals surface area contributed by atoms with Crippen molar-refractivity contribution in [2.75, 3.05) is 24.3 Å². The molecule has 1 aliphatic rings. The van der Waals surface area contributed by atoms with E-state index < -0.39 is 0 Å². The number of carbonyl (C=O) groups excluding carboxylic acids is 1. The summed E-state index contributed by atoms with van der Waals surface area (Å²) < 4.78 is 0. The summed E-state index contributed by atoms with van der Waals surface area (Å²) >= 11 is 1.87. The zero-order chi connectivity index (χ0) is 12.3. The van der Waals surface area contributed by atoms with Gasteiger partial charge in [0.25, 0.3) is 0 Å². The Morgan fingerprint density at radius 2 is 2.29 bits per heavy atom. The molecule has 1 saturated heterocycles. The van der Waals surface area contributed by atoms with Crippen molar-refractivity contribution in [2.24, 2.45) is 5.92 Å². The fourth-order valence-electron chi connectivity index (χ4n) is 2.05. The highest BCUT2D eigenvalue weighted by Crippen LogP contribution is 2.25. The monoisotopic (exact) mass is 250 g/mol. The van der Waals surface area contributed by atoms with Crippen LogP contribution in [0.5, 0.6) is 0 Å². The van der Waals surface area contributed by atoms with E-state index in [1.807, 2.05) is 43.1 Å². The molecule has 1 amide bonds. The van der Waals surface area contributed by atoms with Gasteiger partial charge in [-0.3, -0.25) is 4.79 Å². The SMILES string of the molecule is CN(Cc1ccccc1N)C(=O)C1CCSC1. The molecule has 1 fully saturated rings. The van der Waals surface area contributed by atoms with E-state index in [2.05, 4.69) is 0 Å². The lowest BCUT2D eigenvalue weighted by Gasteiger charge is -2.21. The van der Waals surface area contributed by atoms with Crippen molar-refractivity contribution in [3.8, 4) is 0 Å². The van der Waals surface area contributed by atoms with Crippen LogP contribution < -0.4 is 5.73 Å². The van der Waals surface area contributed by atoms with Crippen molar-refractivity contribution < 1.29 is 4.79 Å². The van der Waals surface area contributed by atoms with Crippen LogP contribution in [-0.4, -0.2) is 29.4 Å². The number of rotatable bonds is 3. The van der Waals surface area contributed by atoms with E-state index in [0.717, 1.165) is 29.2 Å². The van der Waals surface area contributed by atoms with Crippen molar-refractivity contribution in [1.29, 1.82) is 0 Å². The van der Waals surface area contributed by atoms with Crippen LogP contribution in [0.2, 0.25) is 0 Å². The van der Waals surface area contributed by atoms with E-state index in [4.69, 9.17) is 5.73 Å². The van der Waals surface area contributed by atoms with Gasteiger partial charge >= 0.3 is 0 Å². The summed E-state index contributed by atoms with van der Waals surface area (Å²) in [4.78, 5) is 13.9. The second-order valence-electron chi connectivity index (χ2n) is 4.45. The van der Waals surface area contributed by atoms with Gasteiger partial charge in [0, 0.05) is 31.0 Å². The Bertz CT molecular complexity index is 402. The molecule has 1 unspecified atom stereocenters. The Kier molecular flexibility index (Phi) is 3.94. The molecule has 92 valence electrons. The molecular formula is C13H18N2OS. The van der Waals surface area contributed by atoms with Crippen molar-refractivity contribution in [3.05, 3.63) is 29.8 Å². The standard InChI is InChI=1S/C13H18N2OS/c1-15(13(16)11-6-7-17-9-11)8-10-4-2-3-5-12(10)14/h2-5,11H,6-9,14H2,1H3. The van der Waals surface area contributed by atoms with Gasteiger partial charge in [-0.25, -0.2) is 0 Å². The highest BCUT2D eigenvalue weighted by Gasteiger charge is 2.25. The largest absolute Gasteiger partial charge is 0.398 e. The first kappa shape index (κ1) is 12.3. The topological polar surface area (TPSA) is 46.3 Å². The van der Waals surface area contributed by atoms with Crippen LogP contribution in [0.25, 0.3) is 0 Å². The van der Waals surface area contributed by atoms with Crippen molar-refractivity contribution in [2.45, 2.75) is 13.0 Å². The molecule has 3 nitrogen and oxygen atoms in total. The van der Waals surface area contributed by atoms with Crippen LogP contribution in [0.15, 0.2) is 24.3 Å². The van der Waals surface area contributed by atoms with Crippen LogP contribution in [0.1, 0.15) is 12.0 Å². The summed E-state index contributed by atoms with van der Waals surface area (Å²) in [5.74, 6) is 2.53. The summed E-state index contributed by atoms with van der Waals surface area (Å²) in [6.45, 7) is 0.604. The number of hydrogen-bond acceptors (Lipinski definition) is 3. The first-order chi connectivity index (χ1) is 8.18. The third-order valence-corrected chi connectivity index (χ3v) is 4.28. The number of nitrogens with two attached hydrogens (primary N) is 1. The van der Waals surface area contributed by atoms with E-state index in [9.17, 15) is 4.79 Å². The van der Waals surface area contributed by atoms with Gasteiger partial charge in [-0.1, -0.05) is 18.2 Å². The lowest BCUT2D eigenvalue weighted by Crippen LogP contribution is -2.32. The molecule has 1 atom stereocenters. The molecule has 2 rings (SSSR count). The number of nitrogens with zero attached hydrogens (tertiary/aromatic N) is 1. The molecule has 4 heteroatoms. The maximum atomic E-state index is 12.1. The maximum Gasteiger partial charge on any atom is 0.226 e. The summed E-state index contributed by atoms with van der Waals surface area (Å²) in [5, 5.41) is 0. The van der Waals surface area contributed by atoms with Crippen molar-refractivity contribution in [1.82, 2.24) is 4.90 Å². The predicted octanol–water partition coefficient (Wildman–Crippen LogP) is 1.98. The van der Waals surface area contributed by atoms with Gasteiger partial charge in [0.2, 0.25) is 5.91 Å². The van der Waals surface area contributed by atoms with E-state index in [0.29, 0.717) is 6.54 Å². The molecular weight excluding hydrogens is 232 g/mol. The molecule has 17 heavy (non-hydrogen) atoms. The lowest BCUT2D eigenvalue weighted by molar-refractivity contribution is -0.133. The Hall–Kier alpha value is -1.16. The molecule has 1 heterocycles. The van der Waals surface area contributed by atoms with Crippen LogP contribution >= 0.6 is 11.8 Å². The molecule has 2 N–H and O–H groups in total. The second kappa shape index (κ2) is 5.45. The predicted molar refractivity (Wildman–Crippen MR) is 72.8 cm³/mol. The average Bonchev–Trinajstić information content (AvgIpc) is 2.84. The summed E-state index contributed by atoms with van der Waals surface area (Å²) in [6, 6.07) is 7.71. The van der Waals surface area contributed by atoms with Gasteiger partial charge in [-0.15, -0.1) is 0 Å². The minimum Gasteiger partial charge on any atom is -0.398 e. The molecule has 0 spiro atoms. The lowest BCUT2D eigenvalue weighted by atomic mass is 10.1. The minimum atomic E-state index is 0.204. The van der Waals surface area contributed by atoms with Gasteiger partial charge in [0.1, 0.15) is 0 Å². The third-order valence-electron chi connectivity index (χ3n) is 3.12. The van der Waals surface area contributed by atoms with Crippen molar-refractivity contribution >= 4 is 23.4 Å². The molecule has 0 radical (unpaired) electrons. The number of benzene rings is 1. The molecule has 0 aromatic heterocycles. The number of carbonyl (C=O) groups is 1. The number of anilines is 1. The Morgan fingerprint density at radius 3 is 2.94 bits per heavy atom. The second-order valence-corrected chi connectivity index (χ2v) is 5.60. The highest BCUT2D eigenvalue weighted by atomic mass is 32.2. The molecule has 1 aliphatic heterocycles. The molecule has 0 bridgehead atoms. The normalized spacial score (nSPS) is 19.2. The van der Waals surface area contributed by atoms with Crippen LogP contribution in [0.3, 0.4) is 0 Å². The van der Waals surface area contributed by atoms with Crippen LogP contribution in [0, 0.1) is 5.92 Å². The quantitative estimate of drug-likeness (QED) is 0.834. The first-order valence-corrected chi connectivity index (χ1v) is 7.00. The zero-order valence-corrected chi connectivity index (χ0v) is 10.9. The third kappa shape index (κ3) is 2.94. The smallest absolute Gasteiger partial charge is 0.226 e. The van der Waals surface area contributed by atoms with E-state index in [-0.39, 0.29) is 11.8 Å². The fourth-order valence-corrected chi connectivity index (χ4v) is 3.26. The fraction of sp³-hybridized carbons (Fsp3) is 0.462. The number of amides is 1. The maximum absolute atomic E-state index is 12.1. The molecule has 0 aliphatic carbocycles. The van der Waals surface area contributed by atoms with Gasteiger partial charge in [-0.05, 0) is 23.8 Å². The number of thioether (sulfide) groups is 1. The Balaban J connectivity index is 1.99. The Morgan fingerprint density at radius 1 is 1.53 bits per heavy atom. The van der Waals surface area contributed by atoms with Gasteiger partial charge in [-0.2, -0.15) is 11.8 Å². The van der Waals surface area contributed by atoms with Crippen LogP contribution in [0.4, 0.5) is 5.69 Å². The first-order valence-electron chi connectivity index (χ1n) is 5.84. The molecule has 0 saturated carbocycles. The van der Waals surface area contributed by atoms with Gasteiger partial charge < -0.3 is 10.6 Å². The Labute approximate surface area is 106 Å². The molecule has 1 aromatic rings. The van der Waals surface area contributed by atoms with Crippen molar-refractivity contribution in [3.63, 3.8) is 0 Å². The summed E-state index contributed by atoms with van der Waals surface area (Å²) in [6.07, 6.45) is 1.01. The zero-order valence-electron chi connectivity index (χ0n) is 10.1. The number of hydrogen-bond donors (Lipinski definition) is 1. The highest BCUT2D eigenvalue weighted by molar-refractivity contribution is 7.99. The van der Waals surface area contributed by atoms with Gasteiger partial charge in [0.05, 0.1) is 0 Å². The van der Waals surface area contributed by atoms with E-state index >= 15 is 0 Å². The summed E-state index contributed by atoms with van der Waals surface area (Å²) in [7, 11) is 1.86. The number of para-hydroxylation sites is 1. The van der Waals surface area contributed by atoms with Gasteiger partial charge in [0.15, 0.2) is 0 Å². The number of nitrogen functional groups attached to an aromatic ring is 1. The minimum absolute atomic E-state index is 0.204. The average molecular weight is 250 g/mol. The van der Waals surface area contributed by atoms with E-state index in [1.54, 1.807) is 4.90 Å². The summed E-state index contributed by atoms with van der Waals surface area (Å²) in [5.41, 5.74) is 7.66. The van der Waals surface area contributed by atoms with E-state index in [1.165, 1.54) is 0 Å².